The van der Waals surface area contributed by atoms with Gasteiger partial charge in [-0.2, -0.15) is 0 Å². The van der Waals surface area contributed by atoms with Gasteiger partial charge in [-0.05, 0) is 120 Å². The monoisotopic (exact) mass is 850 g/mol. The number of allylic oxidation sites excluding steroid dienone is 1. The number of ketones is 2. The van der Waals surface area contributed by atoms with E-state index < -0.39 is 65.9 Å². The fraction of sp³-hybridized carbons (Fsp3) is 0.116. The van der Waals surface area contributed by atoms with E-state index in [2.05, 4.69) is 9.47 Å². The van der Waals surface area contributed by atoms with Crippen LogP contribution in [-0.4, -0.2) is 52.2 Å². The first kappa shape index (κ1) is 44.7. The van der Waals surface area contributed by atoms with Crippen molar-refractivity contribution >= 4 is 47.0 Å². The van der Waals surface area contributed by atoms with Crippen LogP contribution in [0.3, 0.4) is 0 Å². The van der Waals surface area contributed by atoms with Crippen molar-refractivity contribution in [1.29, 1.82) is 0 Å². The van der Waals surface area contributed by atoms with Gasteiger partial charge in [0.2, 0.25) is 11.6 Å². The summed E-state index contributed by atoms with van der Waals surface area (Å²) >= 11 is 0. The number of alkyl halides is 6. The molecule has 0 aliphatic rings. The van der Waals surface area contributed by atoms with E-state index in [0.29, 0.717) is 11.1 Å². The van der Waals surface area contributed by atoms with Crippen LogP contribution in [0.5, 0.6) is 23.0 Å². The first-order valence-electron chi connectivity index (χ1n) is 17.5. The van der Waals surface area contributed by atoms with Crippen molar-refractivity contribution in [3.63, 3.8) is 0 Å². The second kappa shape index (κ2) is 18.6. The summed E-state index contributed by atoms with van der Waals surface area (Å²) in [7, 11) is 0. The smallest absolute Gasteiger partial charge is 0.423 e. The van der Waals surface area contributed by atoms with Crippen molar-refractivity contribution in [2.24, 2.45) is 0 Å². The molecule has 0 aliphatic carbocycles. The van der Waals surface area contributed by atoms with Crippen LogP contribution in [0.15, 0.2) is 127 Å². The van der Waals surface area contributed by atoms with Crippen LogP contribution < -0.4 is 30.4 Å². The van der Waals surface area contributed by atoms with Crippen LogP contribution in [0.4, 0.5) is 37.7 Å². The number of benzene rings is 5. The normalized spacial score (nSPS) is 12.5. The summed E-state index contributed by atoms with van der Waals surface area (Å²) in [5, 5.41) is 22.5. The number of esters is 2. The molecule has 0 saturated heterocycles. The lowest BCUT2D eigenvalue weighted by Gasteiger charge is -2.29. The zero-order chi connectivity index (χ0) is 44.5. The summed E-state index contributed by atoms with van der Waals surface area (Å²) < 4.78 is 92.3. The average Bonchev–Trinajstić information content (AvgIpc) is 3.18. The Labute approximate surface area is 341 Å². The standard InChI is InChI=1S/C43H32F6N2O10/c44-42(45,46)60-35-16-12-33(13-17-35)58-39(54)27-7-1-25(2-8-27)5-11-32(52)24-37(29-21-30(50)23-31(51)22-29)41(56,57)38(53)20-6-26-3-9-28(10-4-26)40(55)59-34-14-18-36(19-15-34)61-43(47,48)49/h1-23,37,56-57H,24,50-51H2/b11-5+,20-6+. The summed E-state index contributed by atoms with van der Waals surface area (Å²) in [5.74, 6) is -9.47. The maximum absolute atomic E-state index is 13.3. The van der Waals surface area contributed by atoms with Gasteiger partial charge in [0.15, 0.2) is 5.78 Å². The Balaban J connectivity index is 1.23. The van der Waals surface area contributed by atoms with E-state index in [1.54, 1.807) is 0 Å². The lowest BCUT2D eigenvalue weighted by atomic mass is 9.83. The molecule has 0 heterocycles. The number of anilines is 2. The number of nitrogens with two attached hydrogens (primary N) is 2. The molecule has 5 rings (SSSR count). The third kappa shape index (κ3) is 13.3. The van der Waals surface area contributed by atoms with E-state index in [1.165, 1.54) is 78.9 Å². The number of halogens is 6. The predicted octanol–water partition coefficient (Wildman–Crippen LogP) is 7.81. The molecule has 61 heavy (non-hydrogen) atoms. The van der Waals surface area contributed by atoms with Crippen molar-refractivity contribution in [2.75, 3.05) is 11.5 Å². The molecule has 0 radical (unpaired) electrons. The molecule has 0 saturated carbocycles. The van der Waals surface area contributed by atoms with Crippen molar-refractivity contribution in [3.05, 3.63) is 155 Å². The zero-order valence-electron chi connectivity index (χ0n) is 31.1. The van der Waals surface area contributed by atoms with Crippen LogP contribution in [0.1, 0.15) is 49.7 Å². The fourth-order valence-corrected chi connectivity index (χ4v) is 5.53. The Morgan fingerprint density at radius 2 is 0.934 bits per heavy atom. The van der Waals surface area contributed by atoms with Gasteiger partial charge in [0.05, 0.1) is 17.0 Å². The first-order chi connectivity index (χ1) is 28.6. The van der Waals surface area contributed by atoms with Gasteiger partial charge < -0.3 is 40.6 Å². The van der Waals surface area contributed by atoms with Crippen molar-refractivity contribution < 1.29 is 74.7 Å². The number of hydrogen-bond acceptors (Lipinski definition) is 12. The van der Waals surface area contributed by atoms with E-state index in [1.807, 2.05) is 0 Å². The molecule has 0 aliphatic heterocycles. The lowest BCUT2D eigenvalue weighted by Crippen LogP contribution is -2.44. The lowest BCUT2D eigenvalue weighted by molar-refractivity contribution is -0.275. The van der Waals surface area contributed by atoms with Gasteiger partial charge in [0, 0.05) is 17.8 Å². The Bertz CT molecular complexity index is 2410. The van der Waals surface area contributed by atoms with Gasteiger partial charge >= 0.3 is 24.7 Å². The number of ether oxygens (including phenoxy) is 4. The number of carbonyl (C=O) groups excluding carboxylic acids is 4. The van der Waals surface area contributed by atoms with Gasteiger partial charge in [0.25, 0.3) is 0 Å². The summed E-state index contributed by atoms with van der Waals surface area (Å²) in [5.41, 5.74) is 13.0. The Morgan fingerprint density at radius 3 is 1.33 bits per heavy atom. The number of carbonyl (C=O) groups is 4. The van der Waals surface area contributed by atoms with E-state index in [9.17, 15) is 55.7 Å². The molecule has 1 unspecified atom stereocenters. The Morgan fingerprint density at radius 1 is 0.557 bits per heavy atom. The highest BCUT2D eigenvalue weighted by Gasteiger charge is 2.42. The Kier molecular flexibility index (Phi) is 13.7. The minimum atomic E-state index is -4.90. The molecule has 316 valence electrons. The number of nitrogen functional groups attached to an aromatic ring is 2. The Hall–Kier alpha value is -7.44. The van der Waals surface area contributed by atoms with Crippen LogP contribution in [0.2, 0.25) is 0 Å². The molecule has 12 nitrogen and oxygen atoms in total. The summed E-state index contributed by atoms with van der Waals surface area (Å²) in [6.07, 6.45) is -5.87. The topological polar surface area (TPSA) is 198 Å². The second-order valence-electron chi connectivity index (χ2n) is 13.0. The van der Waals surface area contributed by atoms with Crippen LogP contribution in [0.25, 0.3) is 12.2 Å². The molecule has 0 spiro atoms. The highest BCUT2D eigenvalue weighted by Crippen LogP contribution is 2.35. The minimum Gasteiger partial charge on any atom is -0.423 e. The summed E-state index contributed by atoms with van der Waals surface area (Å²) in [4.78, 5) is 51.7. The molecule has 18 heteroatoms. The van der Waals surface area contributed by atoms with Crippen LogP contribution in [0, 0.1) is 0 Å². The summed E-state index contributed by atoms with van der Waals surface area (Å²) in [6, 6.07) is 23.4. The molecule has 0 fully saturated rings. The molecule has 0 amide bonds. The maximum Gasteiger partial charge on any atom is 0.573 e. The second-order valence-corrected chi connectivity index (χ2v) is 13.0. The van der Waals surface area contributed by atoms with Gasteiger partial charge in [-0.25, -0.2) is 9.59 Å². The van der Waals surface area contributed by atoms with Crippen LogP contribution in [-0.2, 0) is 9.59 Å². The molecule has 6 N–H and O–H groups in total. The van der Waals surface area contributed by atoms with E-state index in [-0.39, 0.29) is 39.6 Å². The van der Waals surface area contributed by atoms with E-state index >= 15 is 0 Å². The third-order valence-corrected chi connectivity index (χ3v) is 8.37. The van der Waals surface area contributed by atoms with Gasteiger partial charge in [-0.3, -0.25) is 9.59 Å². The average molecular weight is 851 g/mol. The SMILES string of the molecule is Nc1cc(N)cc(C(CC(=O)/C=C/c2ccc(C(=O)Oc3ccc(OC(F)(F)F)cc3)cc2)C(O)(O)C(=O)/C=C/c2ccc(C(=O)Oc3ccc(OC(F)(F)F)cc3)cc2)c1. The highest BCUT2D eigenvalue weighted by atomic mass is 19.4. The van der Waals surface area contributed by atoms with Crippen LogP contribution >= 0.6 is 0 Å². The van der Waals surface area contributed by atoms with E-state index in [4.69, 9.17) is 20.9 Å². The molecular weight excluding hydrogens is 818 g/mol. The molecule has 5 aromatic rings. The molecule has 0 aromatic heterocycles. The van der Waals surface area contributed by atoms with Crippen molar-refractivity contribution in [1.82, 2.24) is 0 Å². The largest absolute Gasteiger partial charge is 0.573 e. The van der Waals surface area contributed by atoms with Gasteiger partial charge in [-0.1, -0.05) is 36.4 Å². The molecular formula is C43H32F6N2O10. The van der Waals surface area contributed by atoms with Crippen molar-refractivity contribution in [3.8, 4) is 23.0 Å². The maximum atomic E-state index is 13.3. The van der Waals surface area contributed by atoms with Gasteiger partial charge in [0.1, 0.15) is 23.0 Å². The molecule has 1 atom stereocenters. The number of rotatable bonds is 15. The first-order valence-corrected chi connectivity index (χ1v) is 17.5. The van der Waals surface area contributed by atoms with Gasteiger partial charge in [-0.15, -0.1) is 26.3 Å². The predicted molar refractivity (Wildman–Crippen MR) is 207 cm³/mol. The molecule has 0 bridgehead atoms. The van der Waals surface area contributed by atoms with Crippen molar-refractivity contribution in [2.45, 2.75) is 30.9 Å². The van der Waals surface area contributed by atoms with E-state index in [0.717, 1.165) is 60.7 Å². The zero-order valence-corrected chi connectivity index (χ0v) is 31.1. The number of hydrogen-bond donors (Lipinski definition) is 4. The fourth-order valence-electron chi connectivity index (χ4n) is 5.53. The third-order valence-electron chi connectivity index (χ3n) is 8.37. The quantitative estimate of drug-likeness (QED) is 0.0199. The molecule has 5 aromatic carbocycles. The summed E-state index contributed by atoms with van der Waals surface area (Å²) in [6.45, 7) is 0. The minimum absolute atomic E-state index is 0.0350. The highest BCUT2D eigenvalue weighted by molar-refractivity contribution is 6.01. The number of aliphatic hydroxyl groups is 2.